The van der Waals surface area contributed by atoms with Gasteiger partial charge < -0.3 is 15.3 Å². The average molecular weight is 454 g/mol. The Morgan fingerprint density at radius 1 is 1.55 bits per heavy atom. The lowest BCUT2D eigenvalue weighted by molar-refractivity contribution is 0.188. The van der Waals surface area contributed by atoms with Gasteiger partial charge in [-0.2, -0.15) is 0 Å². The zero-order valence-electron chi connectivity index (χ0n) is 11.6. The number of benzene rings is 1. The zero-order chi connectivity index (χ0) is 13.7. The molecule has 1 fully saturated rings. The lowest BCUT2D eigenvalue weighted by atomic mass is 10.2. The van der Waals surface area contributed by atoms with Crippen molar-refractivity contribution in [2.75, 3.05) is 19.6 Å². The van der Waals surface area contributed by atoms with Gasteiger partial charge in [0.25, 0.3) is 0 Å². The smallest absolute Gasteiger partial charge is 0.194 e. The first-order valence-corrected chi connectivity index (χ1v) is 7.44. The number of nitrogens with one attached hydrogen (secondary N) is 1. The summed E-state index contributed by atoms with van der Waals surface area (Å²) in [5.41, 5.74) is 1.17. The van der Waals surface area contributed by atoms with Crippen LogP contribution in [0.4, 0.5) is 0 Å². The highest BCUT2D eigenvalue weighted by molar-refractivity contribution is 14.0. The van der Waals surface area contributed by atoms with Crippen LogP contribution in [0, 0.1) is 0 Å². The van der Waals surface area contributed by atoms with Crippen LogP contribution in [-0.4, -0.2) is 41.7 Å². The fourth-order valence-corrected chi connectivity index (χ4v) is 2.61. The molecule has 0 saturated carbocycles. The Balaban J connectivity index is 0.00000200. The Bertz CT molecular complexity index is 456. The maximum Gasteiger partial charge on any atom is 0.194 e. The van der Waals surface area contributed by atoms with Gasteiger partial charge in [0.15, 0.2) is 5.96 Å². The molecular formula is C14H21BrIN3O. The molecule has 1 aromatic carbocycles. The van der Waals surface area contributed by atoms with E-state index in [1.165, 1.54) is 5.56 Å². The first-order valence-electron chi connectivity index (χ1n) is 6.65. The normalized spacial score (nSPS) is 18.9. The van der Waals surface area contributed by atoms with E-state index in [-0.39, 0.29) is 30.1 Å². The molecular weight excluding hydrogens is 433 g/mol. The van der Waals surface area contributed by atoms with Crippen molar-refractivity contribution in [3.8, 4) is 0 Å². The largest absolute Gasteiger partial charge is 0.391 e. The second kappa shape index (κ2) is 8.84. The lowest BCUT2D eigenvalue weighted by Gasteiger charge is -2.20. The van der Waals surface area contributed by atoms with E-state index < -0.39 is 0 Å². The van der Waals surface area contributed by atoms with Gasteiger partial charge in [0.2, 0.25) is 0 Å². The van der Waals surface area contributed by atoms with Crippen LogP contribution in [-0.2, 0) is 6.54 Å². The second-order valence-electron chi connectivity index (χ2n) is 4.69. The Labute approximate surface area is 145 Å². The third-order valence-corrected chi connectivity index (χ3v) is 3.59. The van der Waals surface area contributed by atoms with Crippen molar-refractivity contribution >= 4 is 45.9 Å². The Kier molecular flexibility index (Phi) is 7.83. The SMILES string of the molecule is CCNC(=NCc1cccc(Br)c1)N1CC[C@@H](O)C1.I. The van der Waals surface area contributed by atoms with Gasteiger partial charge in [0.05, 0.1) is 12.6 Å². The maximum atomic E-state index is 9.61. The third-order valence-electron chi connectivity index (χ3n) is 3.10. The molecule has 2 rings (SSSR count). The van der Waals surface area contributed by atoms with E-state index >= 15 is 0 Å². The van der Waals surface area contributed by atoms with Crippen molar-refractivity contribution in [3.05, 3.63) is 34.3 Å². The highest BCUT2D eigenvalue weighted by Crippen LogP contribution is 2.13. The molecule has 1 atom stereocenters. The molecule has 1 saturated heterocycles. The number of aliphatic hydroxyl groups is 1. The summed E-state index contributed by atoms with van der Waals surface area (Å²) in [6, 6.07) is 8.17. The van der Waals surface area contributed by atoms with E-state index in [4.69, 9.17) is 0 Å². The van der Waals surface area contributed by atoms with Gasteiger partial charge in [-0.3, -0.25) is 0 Å². The van der Waals surface area contributed by atoms with Crippen LogP contribution in [0.15, 0.2) is 33.7 Å². The number of hydrogen-bond acceptors (Lipinski definition) is 2. The predicted molar refractivity (Wildman–Crippen MR) is 96.6 cm³/mol. The van der Waals surface area contributed by atoms with E-state index in [1.807, 2.05) is 12.1 Å². The number of aliphatic hydroxyl groups excluding tert-OH is 1. The van der Waals surface area contributed by atoms with Crippen LogP contribution >= 0.6 is 39.9 Å². The summed E-state index contributed by atoms with van der Waals surface area (Å²) in [6.07, 6.45) is 0.594. The number of aliphatic imine (C=N–C) groups is 1. The van der Waals surface area contributed by atoms with E-state index in [2.05, 4.69) is 50.2 Å². The van der Waals surface area contributed by atoms with Crippen LogP contribution in [0.2, 0.25) is 0 Å². The molecule has 112 valence electrons. The summed E-state index contributed by atoms with van der Waals surface area (Å²) >= 11 is 3.47. The number of halogens is 2. The number of likely N-dealkylation sites (tertiary alicyclic amines) is 1. The van der Waals surface area contributed by atoms with Crippen molar-refractivity contribution in [2.45, 2.75) is 26.0 Å². The predicted octanol–water partition coefficient (Wildman–Crippen LogP) is 2.60. The molecule has 0 aromatic heterocycles. The Morgan fingerprint density at radius 3 is 2.95 bits per heavy atom. The molecule has 20 heavy (non-hydrogen) atoms. The van der Waals surface area contributed by atoms with Crippen molar-refractivity contribution in [1.29, 1.82) is 0 Å². The Hall–Kier alpha value is -0.340. The number of nitrogens with zero attached hydrogens (tertiary/aromatic N) is 2. The minimum Gasteiger partial charge on any atom is -0.391 e. The van der Waals surface area contributed by atoms with Crippen molar-refractivity contribution in [3.63, 3.8) is 0 Å². The number of hydrogen-bond donors (Lipinski definition) is 2. The summed E-state index contributed by atoms with van der Waals surface area (Å²) < 4.78 is 1.07. The van der Waals surface area contributed by atoms with E-state index in [9.17, 15) is 5.11 Å². The first kappa shape index (κ1) is 17.7. The minimum absolute atomic E-state index is 0. The van der Waals surface area contributed by atoms with Crippen molar-refractivity contribution in [2.24, 2.45) is 4.99 Å². The maximum absolute atomic E-state index is 9.61. The molecule has 0 unspecified atom stereocenters. The molecule has 0 spiro atoms. The summed E-state index contributed by atoms with van der Waals surface area (Å²) in [7, 11) is 0. The van der Waals surface area contributed by atoms with Gasteiger partial charge in [0.1, 0.15) is 0 Å². The van der Waals surface area contributed by atoms with Gasteiger partial charge in [-0.1, -0.05) is 28.1 Å². The van der Waals surface area contributed by atoms with Crippen LogP contribution in [0.25, 0.3) is 0 Å². The van der Waals surface area contributed by atoms with E-state index in [0.717, 1.165) is 29.9 Å². The van der Waals surface area contributed by atoms with Gasteiger partial charge in [-0.25, -0.2) is 4.99 Å². The Morgan fingerprint density at radius 2 is 2.35 bits per heavy atom. The molecule has 1 aromatic rings. The molecule has 1 heterocycles. The summed E-state index contributed by atoms with van der Waals surface area (Å²) in [5.74, 6) is 0.888. The molecule has 0 bridgehead atoms. The summed E-state index contributed by atoms with van der Waals surface area (Å²) in [6.45, 7) is 5.08. The molecule has 4 nitrogen and oxygen atoms in total. The number of β-amino-alcohol motifs (C(OH)–C–C–N with tert-alkyl or cyclic N) is 1. The van der Waals surface area contributed by atoms with Crippen molar-refractivity contribution in [1.82, 2.24) is 10.2 Å². The molecule has 0 radical (unpaired) electrons. The van der Waals surface area contributed by atoms with Gasteiger partial charge in [0, 0.05) is 24.1 Å². The van der Waals surface area contributed by atoms with Crippen LogP contribution in [0.5, 0.6) is 0 Å². The molecule has 0 aliphatic carbocycles. The fraction of sp³-hybridized carbons (Fsp3) is 0.500. The van der Waals surface area contributed by atoms with Crippen LogP contribution in [0.1, 0.15) is 18.9 Å². The van der Waals surface area contributed by atoms with Gasteiger partial charge >= 0.3 is 0 Å². The molecule has 1 aliphatic rings. The highest BCUT2D eigenvalue weighted by atomic mass is 127. The summed E-state index contributed by atoms with van der Waals surface area (Å²) in [4.78, 5) is 6.76. The highest BCUT2D eigenvalue weighted by Gasteiger charge is 2.22. The fourth-order valence-electron chi connectivity index (χ4n) is 2.16. The van der Waals surface area contributed by atoms with Crippen LogP contribution in [0.3, 0.4) is 0 Å². The first-order chi connectivity index (χ1) is 9.19. The molecule has 0 amide bonds. The second-order valence-corrected chi connectivity index (χ2v) is 5.60. The van der Waals surface area contributed by atoms with Gasteiger partial charge in [-0.05, 0) is 31.0 Å². The standard InChI is InChI=1S/C14H20BrN3O.HI/c1-2-16-14(18-7-6-13(19)10-18)17-9-11-4-3-5-12(15)8-11;/h3-5,8,13,19H,2,6-7,9-10H2,1H3,(H,16,17);1H/t13-;/m1./s1. The summed E-state index contributed by atoms with van der Waals surface area (Å²) in [5, 5.41) is 12.9. The third kappa shape index (κ3) is 5.21. The van der Waals surface area contributed by atoms with E-state index in [1.54, 1.807) is 0 Å². The number of guanidine groups is 1. The molecule has 6 heteroatoms. The zero-order valence-corrected chi connectivity index (χ0v) is 15.5. The van der Waals surface area contributed by atoms with E-state index in [0.29, 0.717) is 13.1 Å². The van der Waals surface area contributed by atoms with Gasteiger partial charge in [-0.15, -0.1) is 24.0 Å². The molecule has 1 aliphatic heterocycles. The number of rotatable bonds is 3. The van der Waals surface area contributed by atoms with Crippen LogP contribution < -0.4 is 5.32 Å². The average Bonchev–Trinajstić information content (AvgIpc) is 2.81. The van der Waals surface area contributed by atoms with Crippen molar-refractivity contribution < 1.29 is 5.11 Å². The quantitative estimate of drug-likeness (QED) is 0.420. The minimum atomic E-state index is -0.227. The lowest BCUT2D eigenvalue weighted by Crippen LogP contribution is -2.40. The monoisotopic (exact) mass is 453 g/mol. The molecule has 2 N–H and O–H groups in total. The topological polar surface area (TPSA) is 47.9 Å².